The predicted molar refractivity (Wildman–Crippen MR) is 115 cm³/mol. The molecule has 2 amide bonds. The summed E-state index contributed by atoms with van der Waals surface area (Å²) < 4.78 is 0. The van der Waals surface area contributed by atoms with Crippen molar-refractivity contribution in [2.75, 3.05) is 44.2 Å². The Morgan fingerprint density at radius 2 is 1.71 bits per heavy atom. The third-order valence-electron chi connectivity index (χ3n) is 6.05. The van der Waals surface area contributed by atoms with Gasteiger partial charge in [0.1, 0.15) is 0 Å². The fourth-order valence-corrected chi connectivity index (χ4v) is 4.50. The molecule has 156 valence electrons. The van der Waals surface area contributed by atoms with Crippen molar-refractivity contribution in [2.45, 2.75) is 31.7 Å². The molecular formula is C20H30Cl2N4O2. The molecule has 2 unspecified atom stereocenters. The number of carbonyl (C=O) groups excluding carboxylic acids is 2. The van der Waals surface area contributed by atoms with Crippen LogP contribution in [0, 0.1) is 5.92 Å². The van der Waals surface area contributed by atoms with Crippen LogP contribution >= 0.6 is 24.8 Å². The third-order valence-corrected chi connectivity index (χ3v) is 6.05. The highest BCUT2D eigenvalue weighted by atomic mass is 35.5. The van der Waals surface area contributed by atoms with Gasteiger partial charge in [-0.3, -0.25) is 14.5 Å². The van der Waals surface area contributed by atoms with E-state index in [4.69, 9.17) is 5.73 Å². The number of hydrogen-bond donors (Lipinski definition) is 1. The van der Waals surface area contributed by atoms with Crippen LogP contribution in [0.15, 0.2) is 24.3 Å². The SMILES string of the molecule is Cl.Cl.NC1CCC(C(=O)N2CCN(CC(=O)N3CCc4ccccc43)CC2)C1. The van der Waals surface area contributed by atoms with Gasteiger partial charge in [0.05, 0.1) is 6.54 Å². The normalized spacial score (nSPS) is 24.3. The molecule has 6 nitrogen and oxygen atoms in total. The first-order valence-electron chi connectivity index (χ1n) is 9.77. The van der Waals surface area contributed by atoms with E-state index in [1.165, 1.54) is 5.56 Å². The molecule has 8 heteroatoms. The van der Waals surface area contributed by atoms with Gasteiger partial charge in [-0.2, -0.15) is 0 Å². The number of para-hydroxylation sites is 1. The Labute approximate surface area is 179 Å². The lowest BCUT2D eigenvalue weighted by Crippen LogP contribution is -2.52. The topological polar surface area (TPSA) is 69.9 Å². The van der Waals surface area contributed by atoms with Gasteiger partial charge < -0.3 is 15.5 Å². The molecule has 1 aliphatic carbocycles. The molecule has 28 heavy (non-hydrogen) atoms. The molecule has 4 rings (SSSR count). The maximum Gasteiger partial charge on any atom is 0.241 e. The number of carbonyl (C=O) groups is 2. The van der Waals surface area contributed by atoms with Gasteiger partial charge in [-0.15, -0.1) is 24.8 Å². The van der Waals surface area contributed by atoms with Gasteiger partial charge in [0.25, 0.3) is 0 Å². The lowest BCUT2D eigenvalue weighted by molar-refractivity contribution is -0.137. The first-order chi connectivity index (χ1) is 12.6. The molecule has 3 aliphatic rings. The average Bonchev–Trinajstić information content (AvgIpc) is 3.28. The number of nitrogens with zero attached hydrogens (tertiary/aromatic N) is 3. The number of amides is 2. The van der Waals surface area contributed by atoms with Crippen molar-refractivity contribution >= 4 is 42.3 Å². The quantitative estimate of drug-likeness (QED) is 0.794. The highest BCUT2D eigenvalue weighted by Crippen LogP contribution is 2.28. The van der Waals surface area contributed by atoms with Crippen LogP contribution in [-0.2, 0) is 16.0 Å². The molecular weight excluding hydrogens is 399 g/mol. The standard InChI is InChI=1S/C20H28N4O2.2ClH/c21-17-6-5-16(13-17)20(26)23-11-9-22(10-12-23)14-19(25)24-8-7-15-3-1-2-4-18(15)24;;/h1-4,16-17H,5-14,21H2;2*1H. The average molecular weight is 429 g/mol. The summed E-state index contributed by atoms with van der Waals surface area (Å²) in [4.78, 5) is 31.4. The Bertz CT molecular complexity index is 695. The van der Waals surface area contributed by atoms with E-state index in [0.29, 0.717) is 19.6 Å². The van der Waals surface area contributed by atoms with E-state index >= 15 is 0 Å². The molecule has 0 aromatic heterocycles. The molecule has 0 radical (unpaired) electrons. The number of fused-ring (bicyclic) bond motifs is 1. The van der Waals surface area contributed by atoms with Crippen molar-refractivity contribution in [2.24, 2.45) is 11.7 Å². The minimum atomic E-state index is 0. The Kier molecular flexibility index (Phi) is 8.13. The minimum Gasteiger partial charge on any atom is -0.340 e. The lowest BCUT2D eigenvalue weighted by atomic mass is 10.1. The fourth-order valence-electron chi connectivity index (χ4n) is 4.50. The summed E-state index contributed by atoms with van der Waals surface area (Å²) in [5.74, 6) is 0.535. The van der Waals surface area contributed by atoms with Gasteiger partial charge in [-0.1, -0.05) is 18.2 Å². The molecule has 1 aromatic rings. The molecule has 2 N–H and O–H groups in total. The summed E-state index contributed by atoms with van der Waals surface area (Å²) in [6.45, 7) is 4.18. The monoisotopic (exact) mass is 428 g/mol. The molecule has 1 saturated carbocycles. The molecule has 1 aromatic carbocycles. The highest BCUT2D eigenvalue weighted by Gasteiger charge is 2.33. The molecule has 1 saturated heterocycles. The van der Waals surface area contributed by atoms with Crippen LogP contribution in [0.2, 0.25) is 0 Å². The minimum absolute atomic E-state index is 0. The summed E-state index contributed by atoms with van der Waals surface area (Å²) in [6, 6.07) is 8.33. The van der Waals surface area contributed by atoms with Gasteiger partial charge >= 0.3 is 0 Å². The molecule has 0 bridgehead atoms. The van der Waals surface area contributed by atoms with Crippen LogP contribution in [0.3, 0.4) is 0 Å². The molecule has 2 atom stereocenters. The van der Waals surface area contributed by atoms with Crippen molar-refractivity contribution in [3.05, 3.63) is 29.8 Å². The van der Waals surface area contributed by atoms with Crippen molar-refractivity contribution < 1.29 is 9.59 Å². The van der Waals surface area contributed by atoms with E-state index < -0.39 is 0 Å². The molecule has 2 fully saturated rings. The Hall–Kier alpha value is -1.34. The second-order valence-corrected chi connectivity index (χ2v) is 7.80. The first kappa shape index (κ1) is 22.9. The largest absolute Gasteiger partial charge is 0.340 e. The van der Waals surface area contributed by atoms with E-state index in [1.54, 1.807) is 0 Å². The Balaban J connectivity index is 0.00000140. The zero-order valence-electron chi connectivity index (χ0n) is 16.1. The van der Waals surface area contributed by atoms with Crippen molar-refractivity contribution in [3.63, 3.8) is 0 Å². The maximum absolute atomic E-state index is 12.7. The second-order valence-electron chi connectivity index (χ2n) is 7.80. The van der Waals surface area contributed by atoms with Gasteiger partial charge in [0.15, 0.2) is 0 Å². The van der Waals surface area contributed by atoms with E-state index in [9.17, 15) is 9.59 Å². The summed E-state index contributed by atoms with van der Waals surface area (Å²) in [5.41, 5.74) is 8.26. The number of rotatable bonds is 3. The lowest BCUT2D eigenvalue weighted by Gasteiger charge is -2.36. The van der Waals surface area contributed by atoms with E-state index in [0.717, 1.165) is 51.0 Å². The number of halogens is 2. The maximum atomic E-state index is 12.7. The molecule has 2 heterocycles. The van der Waals surface area contributed by atoms with Crippen LogP contribution < -0.4 is 10.6 Å². The van der Waals surface area contributed by atoms with Gasteiger partial charge in [-0.05, 0) is 37.3 Å². The molecule has 2 aliphatic heterocycles. The van der Waals surface area contributed by atoms with Gasteiger partial charge in [0, 0.05) is 50.4 Å². The molecule has 0 spiro atoms. The van der Waals surface area contributed by atoms with Crippen LogP contribution in [-0.4, -0.2) is 66.9 Å². The number of piperazine rings is 1. The summed E-state index contributed by atoms with van der Waals surface area (Å²) in [6.07, 6.45) is 3.65. The van der Waals surface area contributed by atoms with Crippen LogP contribution in [0.5, 0.6) is 0 Å². The number of nitrogens with two attached hydrogens (primary N) is 1. The van der Waals surface area contributed by atoms with Gasteiger partial charge in [0.2, 0.25) is 11.8 Å². The zero-order chi connectivity index (χ0) is 18.1. The fraction of sp³-hybridized carbons (Fsp3) is 0.600. The summed E-state index contributed by atoms with van der Waals surface area (Å²) >= 11 is 0. The van der Waals surface area contributed by atoms with E-state index in [-0.39, 0.29) is 48.6 Å². The zero-order valence-corrected chi connectivity index (χ0v) is 17.7. The van der Waals surface area contributed by atoms with Crippen molar-refractivity contribution in [1.29, 1.82) is 0 Å². The van der Waals surface area contributed by atoms with Crippen molar-refractivity contribution in [3.8, 4) is 0 Å². The van der Waals surface area contributed by atoms with E-state index in [2.05, 4.69) is 11.0 Å². The van der Waals surface area contributed by atoms with Crippen LogP contribution in [0.4, 0.5) is 5.69 Å². The van der Waals surface area contributed by atoms with Gasteiger partial charge in [-0.25, -0.2) is 0 Å². The first-order valence-corrected chi connectivity index (χ1v) is 9.77. The van der Waals surface area contributed by atoms with E-state index in [1.807, 2.05) is 28.0 Å². The smallest absolute Gasteiger partial charge is 0.241 e. The third kappa shape index (κ3) is 4.79. The number of benzene rings is 1. The van der Waals surface area contributed by atoms with Crippen LogP contribution in [0.1, 0.15) is 24.8 Å². The highest BCUT2D eigenvalue weighted by molar-refractivity contribution is 5.96. The Morgan fingerprint density at radius 3 is 2.39 bits per heavy atom. The Morgan fingerprint density at radius 1 is 1.00 bits per heavy atom. The summed E-state index contributed by atoms with van der Waals surface area (Å²) in [5, 5.41) is 0. The van der Waals surface area contributed by atoms with Crippen LogP contribution in [0.25, 0.3) is 0 Å². The number of hydrogen-bond acceptors (Lipinski definition) is 4. The summed E-state index contributed by atoms with van der Waals surface area (Å²) in [7, 11) is 0. The predicted octanol–water partition coefficient (Wildman–Crippen LogP) is 1.69. The second kappa shape index (κ2) is 9.92. The number of anilines is 1. The van der Waals surface area contributed by atoms with Crippen molar-refractivity contribution in [1.82, 2.24) is 9.80 Å².